The highest BCUT2D eigenvalue weighted by atomic mass is 16.3. The van der Waals surface area contributed by atoms with Crippen LogP contribution >= 0.6 is 0 Å². The van der Waals surface area contributed by atoms with Gasteiger partial charge in [-0.1, -0.05) is 0 Å². The average Bonchev–Trinajstić information content (AvgIpc) is 2.42. The molecule has 0 saturated carbocycles. The molecule has 0 fully saturated rings. The minimum atomic E-state index is -0.654. The summed E-state index contributed by atoms with van der Waals surface area (Å²) in [5, 5.41) is 26.7. The lowest BCUT2D eigenvalue weighted by Crippen LogP contribution is -2.37. The monoisotopic (exact) mass is 284 g/mol. The van der Waals surface area contributed by atoms with Crippen molar-refractivity contribution in [2.45, 2.75) is 6.92 Å². The van der Waals surface area contributed by atoms with Gasteiger partial charge >= 0.3 is 0 Å². The van der Waals surface area contributed by atoms with Crippen LogP contribution in [0.3, 0.4) is 0 Å². The number of hydrogen-bond acceptors (Lipinski definition) is 6. The molecule has 0 bridgehead atoms. The van der Waals surface area contributed by atoms with Crippen molar-refractivity contribution >= 4 is 11.8 Å². The lowest BCUT2D eigenvalue weighted by molar-refractivity contribution is -0.128. The molecular weight excluding hydrogens is 264 g/mol. The minimum Gasteiger partial charge on any atom is -0.395 e. The number of amides is 2. The third-order valence-electron chi connectivity index (χ3n) is 2.44. The molecule has 0 aliphatic rings. The van der Waals surface area contributed by atoms with Crippen LogP contribution < -0.4 is 5.73 Å². The molecule has 0 aromatic carbocycles. The lowest BCUT2D eigenvalue weighted by Gasteiger charge is -2.21. The maximum Gasteiger partial charge on any atom is 0.266 e. The molecule has 0 radical (unpaired) electrons. The molecule has 0 saturated heterocycles. The first-order chi connectivity index (χ1) is 9.51. The third-order valence-corrected chi connectivity index (χ3v) is 2.44. The fourth-order valence-corrected chi connectivity index (χ4v) is 1.47. The fourth-order valence-electron chi connectivity index (χ4n) is 1.47. The molecule has 112 valence electrons. The van der Waals surface area contributed by atoms with E-state index in [9.17, 15) is 9.59 Å². The van der Waals surface area contributed by atoms with E-state index < -0.39 is 5.91 Å². The van der Waals surface area contributed by atoms with Gasteiger partial charge in [0.15, 0.2) is 0 Å². The van der Waals surface area contributed by atoms with Crippen LogP contribution in [0.2, 0.25) is 0 Å². The van der Waals surface area contributed by atoms with Gasteiger partial charge in [-0.05, 0) is 0 Å². The van der Waals surface area contributed by atoms with E-state index in [4.69, 9.17) is 21.2 Å². The highest BCUT2D eigenvalue weighted by Gasteiger charge is 2.19. The number of nitriles is 1. The highest BCUT2D eigenvalue weighted by Crippen LogP contribution is 2.04. The summed E-state index contributed by atoms with van der Waals surface area (Å²) in [6, 6.07) is 1.71. The van der Waals surface area contributed by atoms with Crippen molar-refractivity contribution in [1.82, 2.24) is 9.80 Å². The predicted molar refractivity (Wildman–Crippen MR) is 70.9 cm³/mol. The maximum absolute atomic E-state index is 12.1. The topological polar surface area (TPSA) is 131 Å². The van der Waals surface area contributed by atoms with E-state index in [1.54, 1.807) is 6.07 Å². The zero-order chi connectivity index (χ0) is 15.5. The van der Waals surface area contributed by atoms with Crippen LogP contribution in [0, 0.1) is 11.3 Å². The molecule has 8 heteroatoms. The number of rotatable bonds is 8. The minimum absolute atomic E-state index is 0.00459. The summed E-state index contributed by atoms with van der Waals surface area (Å²) in [5.41, 5.74) is 5.09. The number of aliphatic hydroxyl groups is 2. The number of carbonyl (C=O) groups excluding carboxylic acids is 2. The number of carbonyl (C=O) groups is 2. The smallest absolute Gasteiger partial charge is 0.266 e. The largest absolute Gasteiger partial charge is 0.395 e. The SMILES string of the molecule is CC(=O)N(/C=C(/C#N)C(=O)N(CCO)CCO)CCN. The molecule has 0 heterocycles. The summed E-state index contributed by atoms with van der Waals surface area (Å²) >= 11 is 0. The highest BCUT2D eigenvalue weighted by molar-refractivity contribution is 5.97. The number of nitrogens with zero attached hydrogens (tertiary/aromatic N) is 3. The normalized spacial score (nSPS) is 10.8. The van der Waals surface area contributed by atoms with E-state index in [0.717, 1.165) is 11.1 Å². The van der Waals surface area contributed by atoms with Crippen LogP contribution in [0.5, 0.6) is 0 Å². The van der Waals surface area contributed by atoms with Crippen LogP contribution in [0.1, 0.15) is 6.92 Å². The maximum atomic E-state index is 12.1. The van der Waals surface area contributed by atoms with Crippen molar-refractivity contribution in [1.29, 1.82) is 5.26 Å². The van der Waals surface area contributed by atoms with E-state index >= 15 is 0 Å². The van der Waals surface area contributed by atoms with Crippen molar-refractivity contribution in [2.75, 3.05) is 39.4 Å². The van der Waals surface area contributed by atoms with Crippen LogP contribution in [-0.4, -0.2) is 71.2 Å². The van der Waals surface area contributed by atoms with Crippen molar-refractivity contribution in [3.05, 3.63) is 11.8 Å². The van der Waals surface area contributed by atoms with Gasteiger partial charge < -0.3 is 25.7 Å². The zero-order valence-electron chi connectivity index (χ0n) is 11.4. The van der Waals surface area contributed by atoms with E-state index in [0.29, 0.717) is 0 Å². The standard InChI is InChI=1S/C12H20N4O4/c1-10(19)16(3-2-13)9-11(8-14)12(20)15(4-6-17)5-7-18/h9,17-18H,2-7,13H2,1H3/b11-9-. The van der Waals surface area contributed by atoms with Crippen LogP contribution in [0.4, 0.5) is 0 Å². The van der Waals surface area contributed by atoms with Gasteiger partial charge in [0.1, 0.15) is 11.6 Å². The van der Waals surface area contributed by atoms with Gasteiger partial charge in [-0.15, -0.1) is 0 Å². The summed E-state index contributed by atoms with van der Waals surface area (Å²) in [5.74, 6) is -0.995. The summed E-state index contributed by atoms with van der Waals surface area (Å²) in [4.78, 5) is 25.7. The van der Waals surface area contributed by atoms with E-state index in [2.05, 4.69) is 0 Å². The molecule has 0 aromatic rings. The van der Waals surface area contributed by atoms with Crippen molar-refractivity contribution in [2.24, 2.45) is 5.73 Å². The van der Waals surface area contributed by atoms with Crippen LogP contribution in [0.25, 0.3) is 0 Å². The Kier molecular flexibility index (Phi) is 8.95. The molecular formula is C12H20N4O4. The first-order valence-electron chi connectivity index (χ1n) is 6.12. The Bertz CT molecular complexity index is 397. The summed E-state index contributed by atoms with van der Waals surface area (Å²) in [7, 11) is 0. The Morgan fingerprint density at radius 2 is 1.80 bits per heavy atom. The second-order valence-electron chi connectivity index (χ2n) is 3.90. The first-order valence-corrected chi connectivity index (χ1v) is 6.12. The van der Waals surface area contributed by atoms with Gasteiger partial charge in [-0.3, -0.25) is 9.59 Å². The van der Waals surface area contributed by atoms with Crippen molar-refractivity contribution in [3.63, 3.8) is 0 Å². The van der Waals surface area contributed by atoms with Gasteiger partial charge in [-0.2, -0.15) is 5.26 Å². The quantitative estimate of drug-likeness (QED) is 0.349. The molecule has 0 unspecified atom stereocenters. The average molecular weight is 284 g/mol. The van der Waals surface area contributed by atoms with Gasteiger partial charge in [0.2, 0.25) is 5.91 Å². The number of hydrogen-bond donors (Lipinski definition) is 3. The second-order valence-corrected chi connectivity index (χ2v) is 3.90. The Labute approximate surface area is 117 Å². The van der Waals surface area contributed by atoms with Gasteiger partial charge in [0, 0.05) is 39.3 Å². The molecule has 0 spiro atoms. The zero-order valence-corrected chi connectivity index (χ0v) is 11.4. The molecule has 0 aliphatic carbocycles. The first kappa shape index (κ1) is 18.0. The second kappa shape index (κ2) is 9.91. The van der Waals surface area contributed by atoms with Crippen molar-refractivity contribution < 1.29 is 19.8 Å². The Morgan fingerprint density at radius 3 is 2.15 bits per heavy atom. The Balaban J connectivity index is 5.16. The fraction of sp³-hybridized carbons (Fsp3) is 0.583. The number of aliphatic hydroxyl groups excluding tert-OH is 2. The van der Waals surface area contributed by atoms with Gasteiger partial charge in [-0.25, -0.2) is 0 Å². The Hall–Kier alpha value is -1.95. The van der Waals surface area contributed by atoms with Crippen LogP contribution in [0.15, 0.2) is 11.8 Å². The van der Waals surface area contributed by atoms with E-state index in [-0.39, 0.29) is 50.9 Å². The molecule has 4 N–H and O–H groups in total. The molecule has 0 aromatic heterocycles. The van der Waals surface area contributed by atoms with E-state index in [1.165, 1.54) is 11.8 Å². The molecule has 2 amide bonds. The molecule has 0 aliphatic heterocycles. The summed E-state index contributed by atoms with van der Waals surface area (Å²) < 4.78 is 0. The van der Waals surface area contributed by atoms with Crippen LogP contribution in [-0.2, 0) is 9.59 Å². The summed E-state index contributed by atoms with van der Waals surface area (Å²) in [6.45, 7) is 1.09. The number of nitrogens with two attached hydrogens (primary N) is 1. The van der Waals surface area contributed by atoms with Crippen molar-refractivity contribution in [3.8, 4) is 6.07 Å². The lowest BCUT2D eigenvalue weighted by atomic mass is 10.2. The Morgan fingerprint density at radius 1 is 1.25 bits per heavy atom. The van der Waals surface area contributed by atoms with Gasteiger partial charge in [0.25, 0.3) is 5.91 Å². The summed E-state index contributed by atoms with van der Waals surface area (Å²) in [6.07, 6.45) is 1.14. The van der Waals surface area contributed by atoms with Gasteiger partial charge in [0.05, 0.1) is 13.2 Å². The third kappa shape index (κ3) is 5.79. The molecule has 0 atom stereocenters. The molecule has 0 rings (SSSR count). The molecule has 8 nitrogen and oxygen atoms in total. The predicted octanol–water partition coefficient (Wildman–Crippen LogP) is -1.99. The molecule has 20 heavy (non-hydrogen) atoms. The van der Waals surface area contributed by atoms with E-state index in [1.807, 2.05) is 0 Å².